The molecular formula is C28H25N7O. The molecule has 178 valence electrons. The number of anilines is 4. The van der Waals surface area contributed by atoms with E-state index in [2.05, 4.69) is 38.6 Å². The molecule has 36 heavy (non-hydrogen) atoms. The number of nitrogens with zero attached hydrogens (tertiary/aromatic N) is 3. The summed E-state index contributed by atoms with van der Waals surface area (Å²) in [5.41, 5.74) is 12.9. The van der Waals surface area contributed by atoms with E-state index in [0.29, 0.717) is 5.82 Å². The second-order valence-electron chi connectivity index (χ2n) is 8.45. The molecule has 8 nitrogen and oxygen atoms in total. The highest BCUT2D eigenvalue weighted by Crippen LogP contribution is 2.33. The lowest BCUT2D eigenvalue weighted by Gasteiger charge is -2.20. The number of nitrogens with one attached hydrogen (secondary N) is 4. The van der Waals surface area contributed by atoms with Crippen molar-refractivity contribution >= 4 is 33.8 Å². The molecule has 1 aliphatic rings. The van der Waals surface area contributed by atoms with E-state index in [1.165, 1.54) is 5.56 Å². The van der Waals surface area contributed by atoms with Gasteiger partial charge in [0.1, 0.15) is 5.82 Å². The Morgan fingerprint density at radius 3 is 2.67 bits per heavy atom. The molecule has 0 radical (unpaired) electrons. The minimum Gasteiger partial charge on any atom is -0.356 e. The lowest BCUT2D eigenvalue weighted by atomic mass is 10.1. The number of para-hydroxylation sites is 2. The molecule has 0 amide bonds. The maximum Gasteiger partial charge on any atom is 0.170 e. The standard InChI is InChI=1S/C28H25N7O/c1-36-28(25-12-6-7-15-29-25)33-24-11-5-3-9-21(24)27-32-23-10-4-2-8-20(23)26(34-27)31-19-13-14-22-18(16-19)17-30-35-22/h2-16,28,30,33,35H,17H2,1H3,(H,31,32,34). The molecule has 3 aromatic carbocycles. The topological polar surface area (TPSA) is 96.0 Å². The number of aromatic nitrogens is 3. The molecule has 2 aromatic heterocycles. The smallest absolute Gasteiger partial charge is 0.170 e. The molecule has 6 rings (SSSR count). The van der Waals surface area contributed by atoms with Gasteiger partial charge in [0.25, 0.3) is 0 Å². The number of ether oxygens (including phenoxy) is 1. The molecule has 0 spiro atoms. The summed E-state index contributed by atoms with van der Waals surface area (Å²) in [7, 11) is 1.66. The van der Waals surface area contributed by atoms with Gasteiger partial charge in [-0.1, -0.05) is 30.3 Å². The number of pyridine rings is 1. The van der Waals surface area contributed by atoms with Crippen LogP contribution in [0.3, 0.4) is 0 Å². The van der Waals surface area contributed by atoms with Crippen LogP contribution in [0.25, 0.3) is 22.3 Å². The SMILES string of the molecule is COC(Nc1ccccc1-c1nc(Nc2ccc3c(c2)CNN3)c2ccccc2n1)c1ccccn1. The Morgan fingerprint density at radius 2 is 1.78 bits per heavy atom. The normalized spacial score (nSPS) is 13.1. The molecule has 8 heteroatoms. The summed E-state index contributed by atoms with van der Waals surface area (Å²) in [4.78, 5) is 14.3. The van der Waals surface area contributed by atoms with Crippen molar-refractivity contribution in [2.75, 3.05) is 23.2 Å². The highest BCUT2D eigenvalue weighted by molar-refractivity contribution is 5.93. The highest BCUT2D eigenvalue weighted by Gasteiger charge is 2.17. The van der Waals surface area contributed by atoms with Crippen LogP contribution in [-0.2, 0) is 11.3 Å². The van der Waals surface area contributed by atoms with E-state index in [-0.39, 0.29) is 0 Å². The maximum atomic E-state index is 5.70. The molecule has 3 heterocycles. The first-order chi connectivity index (χ1) is 17.8. The molecule has 0 saturated carbocycles. The fourth-order valence-corrected chi connectivity index (χ4v) is 4.33. The Morgan fingerprint density at radius 1 is 0.917 bits per heavy atom. The number of hydrogen-bond acceptors (Lipinski definition) is 8. The quantitative estimate of drug-likeness (QED) is 0.225. The summed E-state index contributed by atoms with van der Waals surface area (Å²) in [5.74, 6) is 1.36. The Labute approximate surface area is 208 Å². The summed E-state index contributed by atoms with van der Waals surface area (Å²) < 4.78 is 5.70. The second-order valence-corrected chi connectivity index (χ2v) is 8.45. The number of hydrogen-bond donors (Lipinski definition) is 4. The molecule has 1 unspecified atom stereocenters. The maximum absolute atomic E-state index is 5.70. The Hall–Kier alpha value is -4.53. The minimum atomic E-state index is -0.418. The van der Waals surface area contributed by atoms with Crippen molar-refractivity contribution in [3.05, 3.63) is 102 Å². The lowest BCUT2D eigenvalue weighted by Crippen LogP contribution is -2.15. The molecule has 0 saturated heterocycles. The van der Waals surface area contributed by atoms with E-state index in [0.717, 1.165) is 51.6 Å². The Bertz CT molecular complexity index is 1520. The monoisotopic (exact) mass is 475 g/mol. The van der Waals surface area contributed by atoms with Crippen LogP contribution in [0.1, 0.15) is 17.5 Å². The Kier molecular flexibility index (Phi) is 5.87. The van der Waals surface area contributed by atoms with Gasteiger partial charge in [-0.15, -0.1) is 0 Å². The fourth-order valence-electron chi connectivity index (χ4n) is 4.33. The van der Waals surface area contributed by atoms with Gasteiger partial charge in [-0.3, -0.25) is 4.98 Å². The number of hydrazine groups is 1. The van der Waals surface area contributed by atoms with E-state index in [4.69, 9.17) is 14.7 Å². The molecule has 5 aromatic rings. The van der Waals surface area contributed by atoms with Crippen LogP contribution >= 0.6 is 0 Å². The zero-order chi connectivity index (χ0) is 24.3. The van der Waals surface area contributed by atoms with Gasteiger partial charge in [0, 0.05) is 42.2 Å². The van der Waals surface area contributed by atoms with Crippen LogP contribution in [0.5, 0.6) is 0 Å². The minimum absolute atomic E-state index is 0.418. The summed E-state index contributed by atoms with van der Waals surface area (Å²) in [5, 5.41) is 7.93. The molecule has 1 aliphatic heterocycles. The first kappa shape index (κ1) is 22.0. The van der Waals surface area contributed by atoms with Crippen LogP contribution < -0.4 is 21.5 Å². The first-order valence-electron chi connectivity index (χ1n) is 11.7. The molecule has 4 N–H and O–H groups in total. The van der Waals surface area contributed by atoms with Crippen molar-refractivity contribution < 1.29 is 4.74 Å². The van der Waals surface area contributed by atoms with Crippen LogP contribution in [0, 0.1) is 0 Å². The van der Waals surface area contributed by atoms with Crippen molar-refractivity contribution in [2.24, 2.45) is 0 Å². The number of methoxy groups -OCH3 is 1. The average Bonchev–Trinajstić information content (AvgIpc) is 3.40. The van der Waals surface area contributed by atoms with E-state index in [9.17, 15) is 0 Å². The summed E-state index contributed by atoms with van der Waals surface area (Å²) >= 11 is 0. The van der Waals surface area contributed by atoms with Gasteiger partial charge in [0.05, 0.1) is 16.9 Å². The van der Waals surface area contributed by atoms with Gasteiger partial charge in [-0.2, -0.15) is 0 Å². The number of rotatable bonds is 7. The molecular weight excluding hydrogens is 450 g/mol. The van der Waals surface area contributed by atoms with Crippen molar-refractivity contribution in [3.63, 3.8) is 0 Å². The van der Waals surface area contributed by atoms with Crippen molar-refractivity contribution in [3.8, 4) is 11.4 Å². The van der Waals surface area contributed by atoms with E-state index in [1.807, 2.05) is 72.8 Å². The average molecular weight is 476 g/mol. The predicted octanol–water partition coefficient (Wildman–Crippen LogP) is 5.62. The predicted molar refractivity (Wildman–Crippen MR) is 143 cm³/mol. The zero-order valence-electron chi connectivity index (χ0n) is 19.7. The van der Waals surface area contributed by atoms with Gasteiger partial charge in [-0.25, -0.2) is 15.4 Å². The third-order valence-electron chi connectivity index (χ3n) is 6.12. The highest BCUT2D eigenvalue weighted by atomic mass is 16.5. The zero-order valence-corrected chi connectivity index (χ0v) is 19.7. The summed E-state index contributed by atoms with van der Waals surface area (Å²) in [6.45, 7) is 0.774. The van der Waals surface area contributed by atoms with Gasteiger partial charge in [-0.05, 0) is 60.2 Å². The van der Waals surface area contributed by atoms with E-state index >= 15 is 0 Å². The number of benzene rings is 3. The Balaban J connectivity index is 1.40. The van der Waals surface area contributed by atoms with E-state index < -0.39 is 6.23 Å². The summed E-state index contributed by atoms with van der Waals surface area (Å²) in [6.07, 6.45) is 1.34. The van der Waals surface area contributed by atoms with Crippen LogP contribution in [0.15, 0.2) is 91.1 Å². The molecule has 0 bridgehead atoms. The van der Waals surface area contributed by atoms with E-state index in [1.54, 1.807) is 13.3 Å². The largest absolute Gasteiger partial charge is 0.356 e. The molecule has 0 aliphatic carbocycles. The lowest BCUT2D eigenvalue weighted by molar-refractivity contribution is 0.123. The molecule has 1 atom stereocenters. The fraction of sp³-hybridized carbons (Fsp3) is 0.107. The first-order valence-corrected chi connectivity index (χ1v) is 11.7. The van der Waals surface area contributed by atoms with Crippen molar-refractivity contribution in [1.82, 2.24) is 20.4 Å². The van der Waals surface area contributed by atoms with Crippen LogP contribution in [-0.4, -0.2) is 22.1 Å². The third-order valence-corrected chi connectivity index (χ3v) is 6.12. The second kappa shape index (κ2) is 9.61. The molecule has 0 fully saturated rings. The third kappa shape index (κ3) is 4.31. The van der Waals surface area contributed by atoms with Crippen LogP contribution in [0.4, 0.5) is 22.9 Å². The van der Waals surface area contributed by atoms with Gasteiger partial charge < -0.3 is 20.8 Å². The van der Waals surface area contributed by atoms with Crippen LogP contribution in [0.2, 0.25) is 0 Å². The number of fused-ring (bicyclic) bond motifs is 2. The van der Waals surface area contributed by atoms with Crippen molar-refractivity contribution in [1.29, 1.82) is 0 Å². The van der Waals surface area contributed by atoms with Crippen molar-refractivity contribution in [2.45, 2.75) is 12.8 Å². The van der Waals surface area contributed by atoms with Gasteiger partial charge in [0.2, 0.25) is 0 Å². The van der Waals surface area contributed by atoms with Gasteiger partial charge in [0.15, 0.2) is 12.1 Å². The summed E-state index contributed by atoms with van der Waals surface area (Å²) in [6, 6.07) is 28.0. The van der Waals surface area contributed by atoms with Gasteiger partial charge >= 0.3 is 0 Å².